The fourth-order valence-corrected chi connectivity index (χ4v) is 3.00. The highest BCUT2D eigenvalue weighted by Gasteiger charge is 2.15. The fraction of sp³-hybridized carbons (Fsp3) is 0.364. The van der Waals surface area contributed by atoms with Crippen LogP contribution < -0.4 is 5.32 Å². The number of hydrogen-bond donors (Lipinski definition) is 1. The van der Waals surface area contributed by atoms with Gasteiger partial charge in [0.15, 0.2) is 5.82 Å². The molecule has 3 aromatic rings. The number of rotatable bonds is 3. The lowest BCUT2D eigenvalue weighted by molar-refractivity contribution is 0.0954. The highest BCUT2D eigenvalue weighted by atomic mass is 32.1. The van der Waals surface area contributed by atoms with E-state index in [1.165, 1.54) is 16.1 Å². The van der Waals surface area contributed by atoms with E-state index in [9.17, 15) is 4.79 Å². The Morgan fingerprint density at radius 3 is 2.85 bits per heavy atom. The van der Waals surface area contributed by atoms with Gasteiger partial charge in [0.2, 0.25) is 0 Å². The average molecular weight is 291 g/mol. The van der Waals surface area contributed by atoms with Gasteiger partial charge < -0.3 is 5.32 Å². The normalized spacial score (nSPS) is 11.2. The molecule has 0 unspecified atom stereocenters. The minimum absolute atomic E-state index is 0.141. The maximum atomic E-state index is 12.1. The SMILES string of the molecule is Cc1nn(C)c2sc(C(=O)NCc3nnn(C)n3)cc12. The lowest BCUT2D eigenvalue weighted by atomic mass is 10.3. The molecule has 0 fully saturated rings. The number of aromatic nitrogens is 6. The van der Waals surface area contributed by atoms with Crippen molar-refractivity contribution >= 4 is 27.5 Å². The van der Waals surface area contributed by atoms with Gasteiger partial charge in [-0.15, -0.1) is 21.5 Å². The zero-order valence-corrected chi connectivity index (χ0v) is 12.1. The van der Waals surface area contributed by atoms with Gasteiger partial charge in [-0.05, 0) is 18.2 Å². The number of carbonyl (C=O) groups excluding carboxylic acids is 1. The van der Waals surface area contributed by atoms with Crippen LogP contribution in [-0.4, -0.2) is 35.9 Å². The summed E-state index contributed by atoms with van der Waals surface area (Å²) in [6.45, 7) is 2.19. The second kappa shape index (κ2) is 4.67. The fourth-order valence-electron chi connectivity index (χ4n) is 1.96. The Labute approximate surface area is 118 Å². The van der Waals surface area contributed by atoms with Crippen molar-refractivity contribution in [1.82, 2.24) is 35.3 Å². The van der Waals surface area contributed by atoms with E-state index in [0.29, 0.717) is 10.7 Å². The molecule has 0 spiro atoms. The van der Waals surface area contributed by atoms with Gasteiger partial charge in [-0.1, -0.05) is 0 Å². The number of fused-ring (bicyclic) bond motifs is 1. The quantitative estimate of drug-likeness (QED) is 0.754. The molecular weight excluding hydrogens is 278 g/mol. The number of tetrazole rings is 1. The van der Waals surface area contributed by atoms with Crippen molar-refractivity contribution in [2.24, 2.45) is 14.1 Å². The Balaban J connectivity index is 1.77. The Morgan fingerprint density at radius 1 is 1.40 bits per heavy atom. The van der Waals surface area contributed by atoms with Crippen LogP contribution >= 0.6 is 11.3 Å². The Hall–Kier alpha value is -2.29. The molecule has 0 aliphatic heterocycles. The monoisotopic (exact) mass is 291 g/mol. The van der Waals surface area contributed by atoms with Crippen molar-refractivity contribution in [3.63, 3.8) is 0 Å². The van der Waals surface area contributed by atoms with Gasteiger partial charge >= 0.3 is 0 Å². The molecule has 0 atom stereocenters. The van der Waals surface area contributed by atoms with Crippen LogP contribution in [0.15, 0.2) is 6.07 Å². The van der Waals surface area contributed by atoms with E-state index < -0.39 is 0 Å². The molecule has 3 rings (SSSR count). The first-order valence-electron chi connectivity index (χ1n) is 5.99. The Bertz CT molecular complexity index is 749. The number of aryl methyl sites for hydroxylation is 3. The van der Waals surface area contributed by atoms with Crippen molar-refractivity contribution in [3.8, 4) is 0 Å². The number of nitrogens with zero attached hydrogens (tertiary/aromatic N) is 6. The van der Waals surface area contributed by atoms with Crippen LogP contribution in [0.5, 0.6) is 0 Å². The Kier molecular flexibility index (Phi) is 2.97. The van der Waals surface area contributed by atoms with E-state index in [-0.39, 0.29) is 12.5 Å². The summed E-state index contributed by atoms with van der Waals surface area (Å²) in [5.74, 6) is 0.345. The molecule has 1 N–H and O–H groups in total. The average Bonchev–Trinajstić information content (AvgIpc) is 3.06. The summed E-state index contributed by atoms with van der Waals surface area (Å²) in [5.41, 5.74) is 0.924. The summed E-state index contributed by atoms with van der Waals surface area (Å²) < 4.78 is 1.79. The first-order chi connectivity index (χ1) is 9.54. The van der Waals surface area contributed by atoms with Crippen molar-refractivity contribution < 1.29 is 4.79 Å². The second-order valence-electron chi connectivity index (χ2n) is 4.42. The van der Waals surface area contributed by atoms with E-state index in [1.807, 2.05) is 20.0 Å². The van der Waals surface area contributed by atoms with Crippen LogP contribution in [0.4, 0.5) is 0 Å². The van der Waals surface area contributed by atoms with Crippen molar-refractivity contribution in [2.75, 3.05) is 0 Å². The molecule has 20 heavy (non-hydrogen) atoms. The first kappa shape index (κ1) is 12.7. The van der Waals surface area contributed by atoms with Crippen molar-refractivity contribution in [2.45, 2.75) is 13.5 Å². The molecule has 1 amide bonds. The van der Waals surface area contributed by atoms with Crippen LogP contribution in [0.25, 0.3) is 10.2 Å². The van der Waals surface area contributed by atoms with Crippen LogP contribution in [0.1, 0.15) is 21.2 Å². The van der Waals surface area contributed by atoms with Gasteiger partial charge in [-0.25, -0.2) is 0 Å². The summed E-state index contributed by atoms with van der Waals surface area (Å²) >= 11 is 1.42. The van der Waals surface area contributed by atoms with E-state index in [1.54, 1.807) is 11.7 Å². The molecule has 0 radical (unpaired) electrons. The van der Waals surface area contributed by atoms with Gasteiger partial charge in [-0.3, -0.25) is 9.48 Å². The molecule has 0 aliphatic carbocycles. The second-order valence-corrected chi connectivity index (χ2v) is 5.45. The first-order valence-corrected chi connectivity index (χ1v) is 6.80. The molecule has 3 heterocycles. The summed E-state index contributed by atoms with van der Waals surface area (Å²) in [7, 11) is 3.55. The molecule has 8 nitrogen and oxygen atoms in total. The molecular formula is C11H13N7OS. The number of hydrogen-bond acceptors (Lipinski definition) is 6. The molecule has 0 saturated carbocycles. The van der Waals surface area contributed by atoms with Crippen LogP contribution in [-0.2, 0) is 20.6 Å². The lowest BCUT2D eigenvalue weighted by Crippen LogP contribution is -2.22. The summed E-state index contributed by atoms with van der Waals surface area (Å²) in [5, 5.41) is 19.6. The van der Waals surface area contributed by atoms with Gasteiger partial charge in [-0.2, -0.15) is 9.90 Å². The number of nitrogens with one attached hydrogen (secondary N) is 1. The molecule has 0 bridgehead atoms. The minimum Gasteiger partial charge on any atom is -0.344 e. The van der Waals surface area contributed by atoms with E-state index in [0.717, 1.165) is 15.9 Å². The third-order valence-electron chi connectivity index (χ3n) is 2.88. The highest BCUT2D eigenvalue weighted by Crippen LogP contribution is 2.27. The molecule has 104 valence electrons. The molecule has 0 saturated heterocycles. The zero-order chi connectivity index (χ0) is 14.3. The van der Waals surface area contributed by atoms with Gasteiger partial charge in [0.1, 0.15) is 4.83 Å². The minimum atomic E-state index is -0.141. The summed E-state index contributed by atoms with van der Waals surface area (Å²) in [6.07, 6.45) is 0. The number of amides is 1. The van der Waals surface area contributed by atoms with Crippen molar-refractivity contribution in [3.05, 3.63) is 22.5 Å². The summed E-state index contributed by atoms with van der Waals surface area (Å²) in [6, 6.07) is 1.86. The van der Waals surface area contributed by atoms with E-state index in [2.05, 4.69) is 25.8 Å². The molecule has 0 aliphatic rings. The molecule has 3 aromatic heterocycles. The predicted octanol–water partition coefficient (Wildman–Crippen LogP) is 0.397. The predicted molar refractivity (Wildman–Crippen MR) is 73.3 cm³/mol. The van der Waals surface area contributed by atoms with E-state index >= 15 is 0 Å². The van der Waals surface area contributed by atoms with Gasteiger partial charge in [0, 0.05) is 12.4 Å². The highest BCUT2D eigenvalue weighted by molar-refractivity contribution is 7.20. The third-order valence-corrected chi connectivity index (χ3v) is 4.08. The van der Waals surface area contributed by atoms with Crippen LogP contribution in [0, 0.1) is 6.92 Å². The number of thiophene rings is 1. The molecule has 9 heteroatoms. The maximum absolute atomic E-state index is 12.1. The maximum Gasteiger partial charge on any atom is 0.261 e. The van der Waals surface area contributed by atoms with Gasteiger partial charge in [0.25, 0.3) is 5.91 Å². The topological polar surface area (TPSA) is 90.5 Å². The van der Waals surface area contributed by atoms with E-state index in [4.69, 9.17) is 0 Å². The smallest absolute Gasteiger partial charge is 0.261 e. The standard InChI is InChI=1S/C11H13N7OS/c1-6-7-4-8(20-11(7)17(2)14-6)10(19)12-5-9-13-16-18(3)15-9/h4H,5H2,1-3H3,(H,12,19). The lowest BCUT2D eigenvalue weighted by Gasteiger charge is -1.98. The summed E-state index contributed by atoms with van der Waals surface area (Å²) in [4.78, 5) is 15.1. The Morgan fingerprint density at radius 2 is 2.20 bits per heavy atom. The zero-order valence-electron chi connectivity index (χ0n) is 11.3. The van der Waals surface area contributed by atoms with Crippen LogP contribution in [0.2, 0.25) is 0 Å². The van der Waals surface area contributed by atoms with Crippen LogP contribution in [0.3, 0.4) is 0 Å². The largest absolute Gasteiger partial charge is 0.344 e. The third kappa shape index (κ3) is 2.16. The van der Waals surface area contributed by atoms with Crippen molar-refractivity contribution in [1.29, 1.82) is 0 Å². The molecule has 0 aromatic carbocycles. The van der Waals surface area contributed by atoms with Gasteiger partial charge in [0.05, 0.1) is 24.2 Å². The number of carbonyl (C=O) groups is 1.